The van der Waals surface area contributed by atoms with E-state index in [1.165, 1.54) is 14.2 Å². The first kappa shape index (κ1) is 20.3. The number of hydrogen-bond acceptors (Lipinski definition) is 9. The molecule has 0 aliphatic carbocycles. The lowest BCUT2D eigenvalue weighted by Gasteiger charge is -2.29. The number of ether oxygens (including phenoxy) is 3. The molecule has 0 spiro atoms. The molecule has 9 nitrogen and oxygen atoms in total. The number of anilines is 2. The number of nitrogens with zero attached hydrogens (tertiary/aromatic N) is 1. The number of nitrogens with one attached hydrogen (secondary N) is 1. The lowest BCUT2D eigenvalue weighted by molar-refractivity contribution is -0.133. The van der Waals surface area contributed by atoms with Crippen LogP contribution in [0.5, 0.6) is 5.75 Å². The molecule has 152 valence electrons. The fourth-order valence-corrected chi connectivity index (χ4v) is 4.05. The van der Waals surface area contributed by atoms with Gasteiger partial charge >= 0.3 is 17.9 Å². The maximum Gasteiger partial charge on any atom is 0.348 e. The molecule has 0 unspecified atom stereocenters. The number of methoxy groups -OCH3 is 2. The van der Waals surface area contributed by atoms with Crippen molar-refractivity contribution in [2.75, 3.05) is 37.5 Å². The van der Waals surface area contributed by atoms with E-state index in [0.717, 1.165) is 11.3 Å². The molecule has 0 radical (unpaired) electrons. The van der Waals surface area contributed by atoms with Gasteiger partial charge in [0.05, 0.1) is 32.0 Å². The molecule has 1 aliphatic rings. The molecule has 1 N–H and O–H groups in total. The predicted octanol–water partition coefficient (Wildman–Crippen LogP) is 1.99. The summed E-state index contributed by atoms with van der Waals surface area (Å²) in [7, 11) is 2.43. The van der Waals surface area contributed by atoms with Gasteiger partial charge in [0.1, 0.15) is 16.4 Å². The number of para-hydroxylation sites is 2. The minimum Gasteiger partial charge on any atom is -0.465 e. The Morgan fingerprint density at radius 2 is 1.86 bits per heavy atom. The van der Waals surface area contributed by atoms with Crippen LogP contribution in [0.1, 0.15) is 25.6 Å². The van der Waals surface area contributed by atoms with Gasteiger partial charge in [0.15, 0.2) is 5.75 Å². The molecular weight excluding hydrogens is 400 g/mol. The third-order valence-electron chi connectivity index (χ3n) is 4.24. The Morgan fingerprint density at radius 3 is 2.55 bits per heavy atom. The summed E-state index contributed by atoms with van der Waals surface area (Å²) in [5.74, 6) is -1.89. The van der Waals surface area contributed by atoms with Crippen LogP contribution in [-0.2, 0) is 19.1 Å². The minimum atomic E-state index is -0.684. The van der Waals surface area contributed by atoms with Crippen molar-refractivity contribution < 1.29 is 33.4 Å². The van der Waals surface area contributed by atoms with Crippen molar-refractivity contribution >= 4 is 45.8 Å². The number of rotatable bonds is 5. The topological polar surface area (TPSA) is 111 Å². The van der Waals surface area contributed by atoms with Crippen LogP contribution in [0.2, 0.25) is 0 Å². The average molecular weight is 418 g/mol. The standard InChI is InChI=1S/C19H18N2O7S/c1-10-15(18(24)26-2)17(29-16(10)19(25)27-3)20-13(22)8-21-9-14(23)28-12-7-5-4-6-11(12)21/h4-7H,8-9H2,1-3H3,(H,20,22). The number of fused-ring (bicyclic) bond motifs is 1. The molecule has 1 aromatic carbocycles. The Kier molecular flexibility index (Phi) is 5.83. The highest BCUT2D eigenvalue weighted by molar-refractivity contribution is 7.18. The normalized spacial score (nSPS) is 12.7. The van der Waals surface area contributed by atoms with Crippen molar-refractivity contribution in [2.45, 2.75) is 6.92 Å². The molecule has 3 rings (SSSR count). The Balaban J connectivity index is 1.85. The largest absolute Gasteiger partial charge is 0.465 e. The lowest BCUT2D eigenvalue weighted by Crippen LogP contribution is -2.41. The van der Waals surface area contributed by atoms with Crippen LogP contribution < -0.4 is 15.0 Å². The molecule has 1 amide bonds. The molecule has 2 heterocycles. The Bertz CT molecular complexity index is 998. The highest BCUT2D eigenvalue weighted by Crippen LogP contribution is 2.35. The van der Waals surface area contributed by atoms with Crippen LogP contribution in [0.15, 0.2) is 24.3 Å². The number of hydrogen-bond donors (Lipinski definition) is 1. The summed E-state index contributed by atoms with van der Waals surface area (Å²) in [6.45, 7) is 1.32. The van der Waals surface area contributed by atoms with Gasteiger partial charge in [-0.2, -0.15) is 0 Å². The van der Waals surface area contributed by atoms with Crippen molar-refractivity contribution in [1.29, 1.82) is 0 Å². The van der Waals surface area contributed by atoms with E-state index in [1.807, 2.05) is 0 Å². The van der Waals surface area contributed by atoms with Crippen LogP contribution in [0.25, 0.3) is 0 Å². The summed E-state index contributed by atoms with van der Waals surface area (Å²) >= 11 is 0.922. The van der Waals surface area contributed by atoms with Gasteiger partial charge in [0.25, 0.3) is 0 Å². The maximum atomic E-state index is 12.7. The third kappa shape index (κ3) is 4.06. The number of carbonyl (C=O) groups excluding carboxylic acids is 4. The average Bonchev–Trinajstić information content (AvgIpc) is 3.02. The molecule has 0 bridgehead atoms. The Morgan fingerprint density at radius 1 is 1.17 bits per heavy atom. The molecule has 0 fully saturated rings. The molecule has 2 aromatic rings. The van der Waals surface area contributed by atoms with E-state index in [9.17, 15) is 19.2 Å². The van der Waals surface area contributed by atoms with Crippen LogP contribution in [0, 0.1) is 6.92 Å². The highest BCUT2D eigenvalue weighted by Gasteiger charge is 2.29. The van der Waals surface area contributed by atoms with Gasteiger partial charge in [-0.25, -0.2) is 14.4 Å². The van der Waals surface area contributed by atoms with Crippen LogP contribution in [0.4, 0.5) is 10.7 Å². The number of carbonyl (C=O) groups is 4. The monoisotopic (exact) mass is 418 g/mol. The van der Waals surface area contributed by atoms with E-state index in [0.29, 0.717) is 17.0 Å². The van der Waals surface area contributed by atoms with E-state index in [-0.39, 0.29) is 28.5 Å². The molecule has 1 aromatic heterocycles. The van der Waals surface area contributed by atoms with E-state index >= 15 is 0 Å². The smallest absolute Gasteiger partial charge is 0.348 e. The van der Waals surface area contributed by atoms with E-state index in [2.05, 4.69) is 5.32 Å². The molecule has 0 saturated heterocycles. The zero-order chi connectivity index (χ0) is 21.1. The summed E-state index contributed by atoms with van der Waals surface area (Å²) < 4.78 is 14.7. The zero-order valence-electron chi connectivity index (χ0n) is 15.9. The minimum absolute atomic E-state index is 0.0877. The summed E-state index contributed by atoms with van der Waals surface area (Å²) in [4.78, 5) is 50.3. The molecule has 29 heavy (non-hydrogen) atoms. The summed E-state index contributed by atoms with van der Waals surface area (Å²) in [6.07, 6.45) is 0. The zero-order valence-corrected chi connectivity index (χ0v) is 16.8. The van der Waals surface area contributed by atoms with E-state index in [4.69, 9.17) is 14.2 Å². The van der Waals surface area contributed by atoms with Gasteiger partial charge in [-0.3, -0.25) is 4.79 Å². The van der Waals surface area contributed by atoms with Crippen molar-refractivity contribution in [3.8, 4) is 5.75 Å². The van der Waals surface area contributed by atoms with Crippen molar-refractivity contribution in [3.05, 3.63) is 40.3 Å². The lowest BCUT2D eigenvalue weighted by atomic mass is 10.1. The first-order valence-electron chi connectivity index (χ1n) is 8.50. The molecule has 1 aliphatic heterocycles. The number of esters is 3. The molecule has 0 atom stereocenters. The predicted molar refractivity (Wildman–Crippen MR) is 105 cm³/mol. The third-order valence-corrected chi connectivity index (χ3v) is 5.43. The van der Waals surface area contributed by atoms with Gasteiger partial charge in [-0.1, -0.05) is 12.1 Å². The van der Waals surface area contributed by atoms with E-state index < -0.39 is 23.8 Å². The maximum absolute atomic E-state index is 12.7. The Labute approximate surface area is 170 Å². The van der Waals surface area contributed by atoms with Crippen molar-refractivity contribution in [3.63, 3.8) is 0 Å². The number of thiophene rings is 1. The molecular formula is C19H18N2O7S. The van der Waals surface area contributed by atoms with Crippen molar-refractivity contribution in [1.82, 2.24) is 0 Å². The van der Waals surface area contributed by atoms with Crippen LogP contribution in [-0.4, -0.2) is 51.1 Å². The second-order valence-corrected chi connectivity index (χ2v) is 7.11. The van der Waals surface area contributed by atoms with E-state index in [1.54, 1.807) is 36.1 Å². The first-order chi connectivity index (χ1) is 13.8. The Hall–Kier alpha value is -3.40. The summed E-state index contributed by atoms with van der Waals surface area (Å²) in [5, 5.41) is 2.81. The number of benzene rings is 1. The highest BCUT2D eigenvalue weighted by atomic mass is 32.1. The van der Waals surface area contributed by atoms with Crippen molar-refractivity contribution in [2.24, 2.45) is 0 Å². The van der Waals surface area contributed by atoms with Gasteiger partial charge in [-0.15, -0.1) is 11.3 Å². The fraction of sp³-hybridized carbons (Fsp3) is 0.263. The fourth-order valence-electron chi connectivity index (χ4n) is 2.92. The van der Waals surface area contributed by atoms with Crippen LogP contribution >= 0.6 is 11.3 Å². The second-order valence-electron chi connectivity index (χ2n) is 6.09. The summed E-state index contributed by atoms with van der Waals surface area (Å²) in [5.41, 5.74) is 1.05. The quantitative estimate of drug-likeness (QED) is 0.580. The molecule has 0 saturated carbocycles. The summed E-state index contributed by atoms with van der Waals surface area (Å²) in [6, 6.07) is 6.86. The first-order valence-corrected chi connectivity index (χ1v) is 9.31. The number of amides is 1. The van der Waals surface area contributed by atoms with Gasteiger partial charge in [0, 0.05) is 0 Å². The second kappa shape index (κ2) is 8.31. The van der Waals surface area contributed by atoms with Gasteiger partial charge in [0.2, 0.25) is 5.91 Å². The van der Waals surface area contributed by atoms with Gasteiger partial charge in [-0.05, 0) is 24.6 Å². The SMILES string of the molecule is COC(=O)c1sc(NC(=O)CN2CC(=O)Oc3ccccc32)c(C(=O)OC)c1C. The molecule has 10 heteroatoms. The van der Waals surface area contributed by atoms with Crippen LogP contribution in [0.3, 0.4) is 0 Å². The van der Waals surface area contributed by atoms with Gasteiger partial charge < -0.3 is 24.4 Å².